The standard InChI is InChI=1S/C13H16N2O2S/c1-3-8-14-13(18)15-12(16)10-6-5-7-11(9-10)17-4-2/h3,5-7,9H,1,4,8H2,2H3,(H2,14,15,16,18). The Kier molecular flexibility index (Phi) is 5.87. The van der Waals surface area contributed by atoms with Gasteiger partial charge in [-0.05, 0) is 37.3 Å². The minimum Gasteiger partial charge on any atom is -0.494 e. The second kappa shape index (κ2) is 7.45. The van der Waals surface area contributed by atoms with Gasteiger partial charge in [-0.2, -0.15) is 0 Å². The monoisotopic (exact) mass is 264 g/mol. The molecule has 4 nitrogen and oxygen atoms in total. The van der Waals surface area contributed by atoms with Gasteiger partial charge in [0.1, 0.15) is 5.75 Å². The second-order valence-corrected chi connectivity index (χ2v) is 3.82. The maximum Gasteiger partial charge on any atom is 0.257 e. The van der Waals surface area contributed by atoms with E-state index >= 15 is 0 Å². The Morgan fingerprint density at radius 1 is 1.56 bits per heavy atom. The van der Waals surface area contributed by atoms with Crippen molar-refractivity contribution in [2.75, 3.05) is 13.2 Å². The molecule has 0 radical (unpaired) electrons. The molecule has 0 saturated heterocycles. The third-order valence-electron chi connectivity index (χ3n) is 2.04. The van der Waals surface area contributed by atoms with Crippen molar-refractivity contribution in [1.29, 1.82) is 0 Å². The molecule has 96 valence electrons. The van der Waals surface area contributed by atoms with Crippen LogP contribution in [0, 0.1) is 0 Å². The highest BCUT2D eigenvalue weighted by molar-refractivity contribution is 7.80. The number of carbonyl (C=O) groups excluding carboxylic acids is 1. The zero-order chi connectivity index (χ0) is 13.4. The van der Waals surface area contributed by atoms with Gasteiger partial charge in [0.2, 0.25) is 0 Å². The average molecular weight is 264 g/mol. The lowest BCUT2D eigenvalue weighted by Gasteiger charge is -2.09. The van der Waals surface area contributed by atoms with Gasteiger partial charge in [0.25, 0.3) is 5.91 Å². The lowest BCUT2D eigenvalue weighted by molar-refractivity contribution is 0.0976. The Labute approximate surface area is 112 Å². The maximum absolute atomic E-state index is 11.9. The molecule has 1 aromatic carbocycles. The molecule has 1 rings (SSSR count). The number of thiocarbonyl (C=S) groups is 1. The summed E-state index contributed by atoms with van der Waals surface area (Å²) in [5.41, 5.74) is 0.503. The first kappa shape index (κ1) is 14.2. The van der Waals surface area contributed by atoms with Crippen molar-refractivity contribution in [2.24, 2.45) is 0 Å². The number of hydrogen-bond donors (Lipinski definition) is 2. The minimum absolute atomic E-state index is 0.266. The molecule has 0 spiro atoms. The van der Waals surface area contributed by atoms with Crippen molar-refractivity contribution >= 4 is 23.2 Å². The van der Waals surface area contributed by atoms with Gasteiger partial charge in [-0.1, -0.05) is 12.1 Å². The molecule has 0 aliphatic carbocycles. The number of nitrogens with one attached hydrogen (secondary N) is 2. The SMILES string of the molecule is C=CCNC(=S)NC(=O)c1cccc(OCC)c1. The number of amides is 1. The molecule has 0 heterocycles. The molecule has 1 aromatic rings. The molecule has 2 N–H and O–H groups in total. The van der Waals surface area contributed by atoms with Crippen LogP contribution in [0.3, 0.4) is 0 Å². The highest BCUT2D eigenvalue weighted by atomic mass is 32.1. The zero-order valence-electron chi connectivity index (χ0n) is 10.2. The molecule has 0 unspecified atom stereocenters. The molecule has 0 aliphatic heterocycles. The van der Waals surface area contributed by atoms with Crippen LogP contribution in [0.25, 0.3) is 0 Å². The quantitative estimate of drug-likeness (QED) is 0.630. The number of rotatable bonds is 5. The van der Waals surface area contributed by atoms with Crippen LogP contribution in [0.4, 0.5) is 0 Å². The molecule has 1 amide bonds. The number of benzene rings is 1. The minimum atomic E-state index is -0.266. The van der Waals surface area contributed by atoms with Gasteiger partial charge in [-0.3, -0.25) is 10.1 Å². The van der Waals surface area contributed by atoms with Gasteiger partial charge in [-0.25, -0.2) is 0 Å². The van der Waals surface area contributed by atoms with E-state index in [1.54, 1.807) is 30.3 Å². The van der Waals surface area contributed by atoms with Crippen molar-refractivity contribution in [3.63, 3.8) is 0 Å². The molecular formula is C13H16N2O2S. The first-order valence-electron chi connectivity index (χ1n) is 5.60. The van der Waals surface area contributed by atoms with Crippen molar-refractivity contribution in [3.8, 4) is 5.75 Å². The van der Waals surface area contributed by atoms with E-state index in [0.29, 0.717) is 24.5 Å². The Bertz CT molecular complexity index is 446. The van der Waals surface area contributed by atoms with E-state index in [-0.39, 0.29) is 11.0 Å². The Balaban J connectivity index is 2.63. The lowest BCUT2D eigenvalue weighted by Crippen LogP contribution is -2.39. The molecular weight excluding hydrogens is 248 g/mol. The smallest absolute Gasteiger partial charge is 0.257 e. The Hall–Kier alpha value is -1.88. The van der Waals surface area contributed by atoms with Crippen LogP contribution >= 0.6 is 12.2 Å². The molecule has 0 aromatic heterocycles. The van der Waals surface area contributed by atoms with E-state index in [9.17, 15) is 4.79 Å². The summed E-state index contributed by atoms with van der Waals surface area (Å²) in [7, 11) is 0. The molecule has 0 fully saturated rings. The Morgan fingerprint density at radius 2 is 2.33 bits per heavy atom. The summed E-state index contributed by atoms with van der Waals surface area (Å²) in [6.07, 6.45) is 1.66. The molecule has 0 saturated carbocycles. The maximum atomic E-state index is 11.9. The van der Waals surface area contributed by atoms with Crippen molar-refractivity contribution < 1.29 is 9.53 Å². The molecule has 5 heteroatoms. The molecule has 0 atom stereocenters. The van der Waals surface area contributed by atoms with E-state index in [0.717, 1.165) is 0 Å². The molecule has 0 bridgehead atoms. The highest BCUT2D eigenvalue weighted by Gasteiger charge is 2.08. The van der Waals surface area contributed by atoms with Gasteiger partial charge < -0.3 is 10.1 Å². The number of hydrogen-bond acceptors (Lipinski definition) is 3. The first-order valence-corrected chi connectivity index (χ1v) is 6.01. The first-order chi connectivity index (χ1) is 8.67. The third kappa shape index (κ3) is 4.55. The van der Waals surface area contributed by atoms with Gasteiger partial charge in [-0.15, -0.1) is 6.58 Å². The Morgan fingerprint density at radius 3 is 3.00 bits per heavy atom. The van der Waals surface area contributed by atoms with E-state index in [2.05, 4.69) is 17.2 Å². The van der Waals surface area contributed by atoms with E-state index in [4.69, 9.17) is 17.0 Å². The van der Waals surface area contributed by atoms with Crippen LogP contribution in [0.5, 0.6) is 5.75 Å². The van der Waals surface area contributed by atoms with Crippen molar-refractivity contribution in [1.82, 2.24) is 10.6 Å². The predicted octanol–water partition coefficient (Wildman–Crippen LogP) is 1.88. The summed E-state index contributed by atoms with van der Waals surface area (Å²) in [6.45, 7) is 6.51. The number of ether oxygens (including phenoxy) is 1. The van der Waals surface area contributed by atoms with Crippen LogP contribution in [-0.2, 0) is 0 Å². The number of carbonyl (C=O) groups is 1. The molecule has 18 heavy (non-hydrogen) atoms. The topological polar surface area (TPSA) is 50.4 Å². The fraction of sp³-hybridized carbons (Fsp3) is 0.231. The normalized spacial score (nSPS) is 9.39. The van der Waals surface area contributed by atoms with Crippen LogP contribution in [0.2, 0.25) is 0 Å². The molecule has 0 aliphatic rings. The summed E-state index contributed by atoms with van der Waals surface area (Å²) in [4.78, 5) is 11.9. The fourth-order valence-electron chi connectivity index (χ4n) is 1.28. The van der Waals surface area contributed by atoms with Crippen LogP contribution in [0.15, 0.2) is 36.9 Å². The summed E-state index contributed by atoms with van der Waals surface area (Å²) in [5.74, 6) is 0.397. The van der Waals surface area contributed by atoms with Gasteiger partial charge in [0, 0.05) is 12.1 Å². The second-order valence-electron chi connectivity index (χ2n) is 3.41. The summed E-state index contributed by atoms with van der Waals surface area (Å²) < 4.78 is 5.32. The van der Waals surface area contributed by atoms with Crippen LogP contribution in [0.1, 0.15) is 17.3 Å². The average Bonchev–Trinajstić information content (AvgIpc) is 2.37. The fourth-order valence-corrected chi connectivity index (χ4v) is 1.45. The van der Waals surface area contributed by atoms with Gasteiger partial charge in [0.05, 0.1) is 6.61 Å². The van der Waals surface area contributed by atoms with Gasteiger partial charge in [0.15, 0.2) is 5.11 Å². The van der Waals surface area contributed by atoms with E-state index in [1.165, 1.54) is 0 Å². The van der Waals surface area contributed by atoms with Crippen LogP contribution < -0.4 is 15.4 Å². The highest BCUT2D eigenvalue weighted by Crippen LogP contribution is 2.12. The predicted molar refractivity (Wildman–Crippen MR) is 75.9 cm³/mol. The summed E-state index contributed by atoms with van der Waals surface area (Å²) >= 11 is 4.96. The van der Waals surface area contributed by atoms with Crippen LogP contribution in [-0.4, -0.2) is 24.2 Å². The lowest BCUT2D eigenvalue weighted by atomic mass is 10.2. The van der Waals surface area contributed by atoms with E-state index < -0.39 is 0 Å². The zero-order valence-corrected chi connectivity index (χ0v) is 11.0. The van der Waals surface area contributed by atoms with Crippen molar-refractivity contribution in [3.05, 3.63) is 42.5 Å². The largest absolute Gasteiger partial charge is 0.494 e. The van der Waals surface area contributed by atoms with Gasteiger partial charge >= 0.3 is 0 Å². The van der Waals surface area contributed by atoms with Crippen molar-refractivity contribution in [2.45, 2.75) is 6.92 Å². The summed E-state index contributed by atoms with van der Waals surface area (Å²) in [6, 6.07) is 6.94. The van der Waals surface area contributed by atoms with E-state index in [1.807, 2.05) is 6.92 Å². The summed E-state index contributed by atoms with van der Waals surface area (Å²) in [5, 5.41) is 5.68. The third-order valence-corrected chi connectivity index (χ3v) is 2.29.